The molecule has 0 aromatic carbocycles. The first kappa shape index (κ1) is 22.0. The van der Waals surface area contributed by atoms with Gasteiger partial charge in [0.1, 0.15) is 16.8 Å². The normalized spacial score (nSPS) is 26.4. The van der Waals surface area contributed by atoms with Crippen molar-refractivity contribution < 1.29 is 14.7 Å². The maximum atomic E-state index is 12.8. The number of aromatic nitrogens is 8. The van der Waals surface area contributed by atoms with Crippen LogP contribution in [0.25, 0.3) is 0 Å². The number of unbranched alkanes of at least 4 members (excludes halogenated alkanes) is 2. The zero-order chi connectivity index (χ0) is 21.8. The van der Waals surface area contributed by atoms with Gasteiger partial charge in [-0.2, -0.15) is 10.4 Å². The van der Waals surface area contributed by atoms with Crippen LogP contribution in [0.2, 0.25) is 0 Å². The highest BCUT2D eigenvalue weighted by molar-refractivity contribution is 8.01. The molecular formula is C16H24N10O3S2. The van der Waals surface area contributed by atoms with Gasteiger partial charge in [-0.05, 0) is 18.2 Å². The largest absolute Gasteiger partial charge is 0.481 e. The molecule has 2 aromatic rings. The molecule has 4 heterocycles. The molecule has 2 aliphatic heterocycles. The molecule has 31 heavy (non-hydrogen) atoms. The number of H-pyrrole nitrogens is 2. The van der Waals surface area contributed by atoms with Crippen LogP contribution in [-0.4, -0.2) is 98.6 Å². The van der Waals surface area contributed by atoms with Gasteiger partial charge >= 0.3 is 5.97 Å². The van der Waals surface area contributed by atoms with Crippen LogP contribution in [0, 0.1) is 5.41 Å². The van der Waals surface area contributed by atoms with Crippen molar-refractivity contribution >= 4 is 35.4 Å². The van der Waals surface area contributed by atoms with E-state index in [0.717, 1.165) is 25.8 Å². The zero-order valence-electron chi connectivity index (χ0n) is 16.9. The van der Waals surface area contributed by atoms with Crippen LogP contribution in [0.4, 0.5) is 0 Å². The first-order chi connectivity index (χ1) is 15.0. The number of aliphatic carboxylic acids is 1. The average molecular weight is 469 g/mol. The fourth-order valence-electron chi connectivity index (χ4n) is 3.86. The van der Waals surface area contributed by atoms with Crippen molar-refractivity contribution in [3.8, 4) is 0 Å². The number of thioether (sulfide) groups is 2. The van der Waals surface area contributed by atoms with Crippen LogP contribution >= 0.6 is 23.5 Å². The van der Waals surface area contributed by atoms with Crippen LogP contribution < -0.4 is 5.32 Å². The molecule has 2 aliphatic rings. The Bertz CT molecular complexity index is 846. The molecule has 4 rings (SSSR count). The molecule has 3 unspecified atom stereocenters. The molecule has 13 nitrogen and oxygen atoms in total. The Balaban J connectivity index is 1.51. The SMILES string of the molecule is CCCCCNC1C(=O)N2CC(C(=O)O)(C(Cc3nn[nH]n3)Sc3nn[nH]n3)CS[C@H]12. The summed E-state index contributed by atoms with van der Waals surface area (Å²) in [5, 5.41) is 41.1. The molecule has 0 aliphatic carbocycles. The first-order valence-corrected chi connectivity index (χ1v) is 12.0. The summed E-state index contributed by atoms with van der Waals surface area (Å²) in [5.41, 5.74) is -1.23. The van der Waals surface area contributed by atoms with Crippen molar-refractivity contribution in [3.63, 3.8) is 0 Å². The number of β-lactam (4-membered cyclic amide) rings is 1. The summed E-state index contributed by atoms with van der Waals surface area (Å²) < 4.78 is 0. The Morgan fingerprint density at radius 1 is 1.35 bits per heavy atom. The summed E-state index contributed by atoms with van der Waals surface area (Å²) in [4.78, 5) is 27.0. The van der Waals surface area contributed by atoms with Gasteiger partial charge < -0.3 is 15.3 Å². The minimum absolute atomic E-state index is 0.0531. The van der Waals surface area contributed by atoms with Gasteiger partial charge in [0.2, 0.25) is 11.1 Å². The van der Waals surface area contributed by atoms with E-state index in [-0.39, 0.29) is 30.3 Å². The van der Waals surface area contributed by atoms with E-state index in [1.165, 1.54) is 23.5 Å². The molecular weight excluding hydrogens is 444 g/mol. The van der Waals surface area contributed by atoms with Gasteiger partial charge in [-0.1, -0.05) is 36.7 Å². The van der Waals surface area contributed by atoms with Crippen LogP contribution in [0.15, 0.2) is 5.16 Å². The second kappa shape index (κ2) is 9.48. The number of rotatable bonds is 11. The van der Waals surface area contributed by atoms with Gasteiger partial charge in [-0.3, -0.25) is 9.59 Å². The smallest absolute Gasteiger partial charge is 0.313 e. The maximum Gasteiger partial charge on any atom is 0.313 e. The van der Waals surface area contributed by atoms with Gasteiger partial charge in [0.25, 0.3) is 0 Å². The minimum atomic E-state index is -1.23. The van der Waals surface area contributed by atoms with Crippen molar-refractivity contribution in [2.75, 3.05) is 18.8 Å². The van der Waals surface area contributed by atoms with E-state index in [1.54, 1.807) is 4.90 Å². The number of aromatic amines is 2. The van der Waals surface area contributed by atoms with E-state index in [2.05, 4.69) is 53.5 Å². The molecule has 0 saturated carbocycles. The number of nitrogens with one attached hydrogen (secondary N) is 3. The third kappa shape index (κ3) is 4.39. The van der Waals surface area contributed by atoms with E-state index in [4.69, 9.17) is 0 Å². The molecule has 4 N–H and O–H groups in total. The summed E-state index contributed by atoms with van der Waals surface area (Å²) in [5.74, 6) is -0.298. The number of hydrogen-bond acceptors (Lipinski definition) is 11. The molecule has 2 aromatic heterocycles. The molecule has 0 spiro atoms. The highest BCUT2D eigenvalue weighted by atomic mass is 32.2. The Morgan fingerprint density at radius 2 is 2.16 bits per heavy atom. The zero-order valence-corrected chi connectivity index (χ0v) is 18.5. The van der Waals surface area contributed by atoms with Gasteiger partial charge in [0, 0.05) is 24.0 Å². The van der Waals surface area contributed by atoms with Crippen molar-refractivity contribution in [3.05, 3.63) is 5.82 Å². The van der Waals surface area contributed by atoms with Crippen molar-refractivity contribution in [1.29, 1.82) is 0 Å². The molecule has 168 valence electrons. The van der Waals surface area contributed by atoms with E-state index in [9.17, 15) is 14.7 Å². The number of fused-ring (bicyclic) bond motifs is 1. The fraction of sp³-hybridized carbons (Fsp3) is 0.750. The standard InChI is InChI=1S/C16H24N10O3S2/c1-2-3-4-5-17-11-12(27)26-7-16(14(28)29,8-30-13(11)26)9(6-10-18-22-23-19-10)31-15-20-24-25-21-15/h9,11,13,17H,2-8H2,1H3,(H,28,29)(H,18,19,22,23)(H,20,21,24,25)/t9?,11?,13-,16?/m1/s1. The molecule has 2 fully saturated rings. The number of carboxylic acids is 1. The summed E-state index contributed by atoms with van der Waals surface area (Å²) in [6.45, 7) is 3.03. The molecule has 0 radical (unpaired) electrons. The van der Waals surface area contributed by atoms with E-state index >= 15 is 0 Å². The van der Waals surface area contributed by atoms with Gasteiger partial charge in [-0.25, -0.2) is 0 Å². The van der Waals surface area contributed by atoms with Crippen molar-refractivity contribution in [2.45, 2.75) is 54.4 Å². The third-order valence-electron chi connectivity index (χ3n) is 5.62. The molecule has 1 amide bonds. The van der Waals surface area contributed by atoms with E-state index in [1.807, 2.05) is 0 Å². The lowest BCUT2D eigenvalue weighted by molar-refractivity contribution is -0.157. The Labute approximate surface area is 186 Å². The summed E-state index contributed by atoms with van der Waals surface area (Å²) in [6.07, 6.45) is 3.48. The summed E-state index contributed by atoms with van der Waals surface area (Å²) >= 11 is 2.69. The first-order valence-electron chi connectivity index (χ1n) is 10.1. The average Bonchev–Trinajstić information content (AvgIpc) is 3.47. The monoisotopic (exact) mass is 468 g/mol. The second-order valence-corrected chi connectivity index (χ2v) is 9.88. The summed E-state index contributed by atoms with van der Waals surface area (Å²) in [6, 6.07) is -0.255. The lowest BCUT2D eigenvalue weighted by Gasteiger charge is -2.55. The number of amides is 1. The number of tetrazole rings is 2. The van der Waals surface area contributed by atoms with Crippen LogP contribution in [0.5, 0.6) is 0 Å². The van der Waals surface area contributed by atoms with Crippen LogP contribution in [0.3, 0.4) is 0 Å². The molecule has 2 saturated heterocycles. The highest BCUT2D eigenvalue weighted by Crippen LogP contribution is 2.48. The van der Waals surface area contributed by atoms with E-state index in [0.29, 0.717) is 16.7 Å². The number of carboxylic acid groups (broad SMARTS) is 1. The maximum absolute atomic E-state index is 12.8. The van der Waals surface area contributed by atoms with Crippen molar-refractivity contribution in [2.24, 2.45) is 5.41 Å². The molecule has 0 bridgehead atoms. The van der Waals surface area contributed by atoms with Crippen molar-refractivity contribution in [1.82, 2.24) is 51.5 Å². The lowest BCUT2D eigenvalue weighted by atomic mass is 9.82. The number of nitrogens with zero attached hydrogens (tertiary/aromatic N) is 7. The highest BCUT2D eigenvalue weighted by Gasteiger charge is 2.59. The predicted octanol–water partition coefficient (Wildman–Crippen LogP) is -0.449. The quantitative estimate of drug-likeness (QED) is 0.190. The fourth-order valence-corrected chi connectivity index (χ4v) is 6.76. The minimum Gasteiger partial charge on any atom is -0.481 e. The van der Waals surface area contributed by atoms with Crippen LogP contribution in [-0.2, 0) is 16.0 Å². The molecule has 4 atom stereocenters. The predicted molar refractivity (Wildman–Crippen MR) is 111 cm³/mol. The summed E-state index contributed by atoms with van der Waals surface area (Å²) in [7, 11) is 0. The number of carbonyl (C=O) groups is 2. The van der Waals surface area contributed by atoms with E-state index < -0.39 is 16.6 Å². The Morgan fingerprint density at radius 3 is 2.84 bits per heavy atom. The van der Waals surface area contributed by atoms with Gasteiger partial charge in [0.15, 0.2) is 5.82 Å². The lowest BCUT2D eigenvalue weighted by Crippen LogP contribution is -2.74. The van der Waals surface area contributed by atoms with Gasteiger partial charge in [0.05, 0.1) is 0 Å². The second-order valence-electron chi connectivity index (χ2n) is 7.60. The Hall–Kier alpha value is -2.26. The van der Waals surface area contributed by atoms with Crippen LogP contribution in [0.1, 0.15) is 32.0 Å². The Kier molecular flexibility index (Phi) is 6.71. The third-order valence-corrected chi connectivity index (χ3v) is 8.46. The van der Waals surface area contributed by atoms with Gasteiger partial charge in [-0.15, -0.1) is 32.2 Å². The topological polar surface area (TPSA) is 179 Å². The number of carbonyl (C=O) groups excluding carboxylic acids is 1. The molecule has 15 heteroatoms. The number of hydrogen-bond donors (Lipinski definition) is 4.